The van der Waals surface area contributed by atoms with Gasteiger partial charge >= 0.3 is 5.97 Å². The lowest BCUT2D eigenvalue weighted by molar-refractivity contribution is -0.241. The van der Waals surface area contributed by atoms with Crippen LogP contribution in [0.3, 0.4) is 0 Å². The number of hydrogen-bond donors (Lipinski definition) is 6. The Hall–Kier alpha value is -1.79. The Labute approximate surface area is 149 Å². The van der Waals surface area contributed by atoms with E-state index in [1.54, 1.807) is 0 Å². The Bertz CT molecular complexity index is 596. The summed E-state index contributed by atoms with van der Waals surface area (Å²) in [5.41, 5.74) is -6.82. The molecule has 3 heterocycles. The van der Waals surface area contributed by atoms with Gasteiger partial charge in [0.05, 0.1) is 19.8 Å². The highest BCUT2D eigenvalue weighted by molar-refractivity contribution is 6.01. The molecule has 5 atom stereocenters. The number of ether oxygens (including phenoxy) is 2. The second-order valence-corrected chi connectivity index (χ2v) is 6.79. The van der Waals surface area contributed by atoms with E-state index >= 15 is 0 Å². The van der Waals surface area contributed by atoms with E-state index in [4.69, 9.17) is 9.47 Å². The molecule has 0 spiro atoms. The SMILES string of the molecule is CC(=O)OCC[C@@H]1CCO[C@]2([C@@H](O)[C@@](C)(O)CO)NC(=O)[C@@]1(O)NC2=O. The maximum absolute atomic E-state index is 12.6. The van der Waals surface area contributed by atoms with Crippen LogP contribution in [0.4, 0.5) is 0 Å². The number of carbonyl (C=O) groups excluding carboxylic acids is 3. The van der Waals surface area contributed by atoms with Crippen molar-refractivity contribution in [3.8, 4) is 0 Å². The summed E-state index contributed by atoms with van der Waals surface area (Å²) in [7, 11) is 0. The zero-order valence-electron chi connectivity index (χ0n) is 14.5. The molecule has 6 N–H and O–H groups in total. The van der Waals surface area contributed by atoms with Crippen molar-refractivity contribution in [3.05, 3.63) is 0 Å². The van der Waals surface area contributed by atoms with Crippen LogP contribution in [0, 0.1) is 5.92 Å². The largest absolute Gasteiger partial charge is 0.466 e. The summed E-state index contributed by atoms with van der Waals surface area (Å²) >= 11 is 0. The van der Waals surface area contributed by atoms with Crippen molar-refractivity contribution in [1.29, 1.82) is 0 Å². The quantitative estimate of drug-likeness (QED) is 0.260. The average molecular weight is 376 g/mol. The predicted octanol–water partition coefficient (Wildman–Crippen LogP) is -3.29. The highest BCUT2D eigenvalue weighted by Gasteiger charge is 2.64. The summed E-state index contributed by atoms with van der Waals surface area (Å²) in [6, 6.07) is 0. The molecule has 0 aromatic rings. The van der Waals surface area contributed by atoms with Crippen LogP contribution in [0.25, 0.3) is 0 Å². The fraction of sp³-hybridized carbons (Fsp3) is 0.800. The van der Waals surface area contributed by atoms with E-state index in [2.05, 4.69) is 10.6 Å². The maximum atomic E-state index is 12.6. The van der Waals surface area contributed by atoms with Crippen molar-refractivity contribution in [2.75, 3.05) is 19.8 Å². The zero-order valence-corrected chi connectivity index (χ0v) is 14.5. The van der Waals surface area contributed by atoms with Gasteiger partial charge in [-0.3, -0.25) is 14.4 Å². The molecule has 3 fully saturated rings. The molecule has 2 amide bonds. The molecule has 0 aromatic carbocycles. The minimum absolute atomic E-state index is 0.0710. The molecular formula is C15H24N2O9. The van der Waals surface area contributed by atoms with Gasteiger partial charge in [-0.15, -0.1) is 0 Å². The normalized spacial score (nSPS) is 34.8. The standard InChI is InChI=1S/C15H24N2O9/c1-8(19)25-5-3-9-4-6-26-15(10(20)13(2,23)7-18)12(22)16-14(9,24)11(21)17-15/h9-10,18,20,23-24H,3-7H2,1-2H3,(H,16,22)(H,17,21)/t9-,10+,13+,14-,15+/m1/s1. The first kappa shape index (κ1) is 20.5. The molecule has 11 nitrogen and oxygen atoms in total. The second kappa shape index (κ2) is 7.08. The first-order valence-corrected chi connectivity index (χ1v) is 8.16. The Balaban J connectivity index is 2.28. The number of amides is 2. The van der Waals surface area contributed by atoms with E-state index in [1.165, 1.54) is 6.92 Å². The number of fused-ring (bicyclic) bond motifs is 5. The zero-order chi connectivity index (χ0) is 19.8. The number of hydrogen-bond acceptors (Lipinski definition) is 9. The Morgan fingerprint density at radius 2 is 2.08 bits per heavy atom. The van der Waals surface area contributed by atoms with Gasteiger partial charge in [-0.25, -0.2) is 0 Å². The number of piperazine rings is 1. The first-order valence-electron chi connectivity index (χ1n) is 8.16. The topological polar surface area (TPSA) is 175 Å². The van der Waals surface area contributed by atoms with Crippen LogP contribution in [0.2, 0.25) is 0 Å². The predicted molar refractivity (Wildman–Crippen MR) is 83.0 cm³/mol. The highest BCUT2D eigenvalue weighted by atomic mass is 16.5. The van der Waals surface area contributed by atoms with Gasteiger partial charge in [0.1, 0.15) is 11.7 Å². The van der Waals surface area contributed by atoms with E-state index in [0.29, 0.717) is 0 Å². The molecule has 148 valence electrons. The van der Waals surface area contributed by atoms with E-state index < -0.39 is 53.5 Å². The molecule has 11 heteroatoms. The van der Waals surface area contributed by atoms with Gasteiger partial charge in [0.15, 0.2) is 0 Å². The first-order chi connectivity index (χ1) is 12.0. The van der Waals surface area contributed by atoms with Crippen LogP contribution >= 0.6 is 0 Å². The average Bonchev–Trinajstić information content (AvgIpc) is 2.55. The number of carbonyl (C=O) groups is 3. The van der Waals surface area contributed by atoms with Crippen molar-refractivity contribution < 1.29 is 44.3 Å². The molecule has 3 aliphatic heterocycles. The molecule has 0 aliphatic carbocycles. The molecule has 2 bridgehead atoms. The Morgan fingerprint density at radius 1 is 1.42 bits per heavy atom. The third-order valence-corrected chi connectivity index (χ3v) is 4.74. The summed E-state index contributed by atoms with van der Waals surface area (Å²) in [6.07, 6.45) is -1.83. The van der Waals surface area contributed by atoms with E-state index in [0.717, 1.165) is 6.92 Å². The van der Waals surface area contributed by atoms with Crippen LogP contribution in [0.5, 0.6) is 0 Å². The van der Waals surface area contributed by atoms with Crippen LogP contribution in [0.15, 0.2) is 0 Å². The van der Waals surface area contributed by atoms with Gasteiger partial charge in [-0.05, 0) is 19.8 Å². The molecule has 3 rings (SSSR count). The molecule has 3 saturated heterocycles. The summed E-state index contributed by atoms with van der Waals surface area (Å²) in [4.78, 5) is 36.0. The van der Waals surface area contributed by atoms with Crippen molar-refractivity contribution in [2.45, 2.75) is 49.8 Å². The molecule has 3 aliphatic rings. The molecule has 0 saturated carbocycles. The summed E-state index contributed by atoms with van der Waals surface area (Å²) < 4.78 is 10.2. The molecule has 0 unspecified atom stereocenters. The summed E-state index contributed by atoms with van der Waals surface area (Å²) in [6.45, 7) is 1.15. The van der Waals surface area contributed by atoms with Crippen molar-refractivity contribution in [1.82, 2.24) is 10.6 Å². The van der Waals surface area contributed by atoms with Gasteiger partial charge in [-0.1, -0.05) is 0 Å². The number of aliphatic hydroxyl groups excluding tert-OH is 2. The minimum Gasteiger partial charge on any atom is -0.466 e. The Kier molecular flexibility index (Phi) is 5.59. The molecule has 26 heavy (non-hydrogen) atoms. The lowest BCUT2D eigenvalue weighted by Crippen LogP contribution is -2.83. The van der Waals surface area contributed by atoms with E-state index in [1.807, 2.05) is 0 Å². The van der Waals surface area contributed by atoms with Crippen molar-refractivity contribution in [2.24, 2.45) is 5.92 Å². The van der Waals surface area contributed by atoms with Gasteiger partial charge < -0.3 is 40.5 Å². The highest BCUT2D eigenvalue weighted by Crippen LogP contribution is 2.35. The lowest BCUT2D eigenvalue weighted by atomic mass is 9.81. The number of rotatable bonds is 6. The monoisotopic (exact) mass is 376 g/mol. The Morgan fingerprint density at radius 3 is 2.65 bits per heavy atom. The van der Waals surface area contributed by atoms with Crippen molar-refractivity contribution in [3.63, 3.8) is 0 Å². The third-order valence-electron chi connectivity index (χ3n) is 4.74. The van der Waals surface area contributed by atoms with Gasteiger partial charge in [-0.2, -0.15) is 0 Å². The summed E-state index contributed by atoms with van der Waals surface area (Å²) in [5, 5.41) is 44.7. The molecule has 0 radical (unpaired) electrons. The lowest BCUT2D eigenvalue weighted by Gasteiger charge is -2.51. The number of nitrogens with one attached hydrogen (secondary N) is 2. The van der Waals surface area contributed by atoms with Crippen LogP contribution < -0.4 is 10.6 Å². The second-order valence-electron chi connectivity index (χ2n) is 6.79. The smallest absolute Gasteiger partial charge is 0.302 e. The summed E-state index contributed by atoms with van der Waals surface area (Å²) in [5.74, 6) is -3.46. The van der Waals surface area contributed by atoms with Crippen LogP contribution in [-0.2, 0) is 23.9 Å². The van der Waals surface area contributed by atoms with E-state index in [-0.39, 0.29) is 26.1 Å². The third kappa shape index (κ3) is 3.40. The fourth-order valence-electron chi connectivity index (χ4n) is 3.10. The fourth-order valence-corrected chi connectivity index (χ4v) is 3.10. The van der Waals surface area contributed by atoms with Gasteiger partial charge in [0.25, 0.3) is 17.5 Å². The molecule has 0 aromatic heterocycles. The van der Waals surface area contributed by atoms with E-state index in [9.17, 15) is 34.8 Å². The van der Waals surface area contributed by atoms with Crippen LogP contribution in [0.1, 0.15) is 26.7 Å². The maximum Gasteiger partial charge on any atom is 0.302 e. The van der Waals surface area contributed by atoms with Crippen LogP contribution in [-0.4, -0.2) is 81.2 Å². The minimum atomic E-state index is -2.36. The van der Waals surface area contributed by atoms with Gasteiger partial charge in [0, 0.05) is 12.8 Å². The number of esters is 1. The van der Waals surface area contributed by atoms with Crippen molar-refractivity contribution >= 4 is 17.8 Å². The molecular weight excluding hydrogens is 352 g/mol. The van der Waals surface area contributed by atoms with Gasteiger partial charge in [0.2, 0.25) is 5.72 Å². The number of aliphatic hydroxyl groups is 4.